The van der Waals surface area contributed by atoms with E-state index in [0.29, 0.717) is 19.5 Å². The normalized spacial score (nSPS) is 20.7. The molecule has 1 aromatic rings. The van der Waals surface area contributed by atoms with Crippen molar-refractivity contribution in [3.8, 4) is 0 Å². The molecule has 0 saturated carbocycles. The Bertz CT molecular complexity index is 546. The Balaban J connectivity index is 2.22. The van der Waals surface area contributed by atoms with Crippen LogP contribution in [0, 0.1) is 5.92 Å². The van der Waals surface area contributed by atoms with Crippen LogP contribution in [0.5, 0.6) is 0 Å². The van der Waals surface area contributed by atoms with Gasteiger partial charge in [0.1, 0.15) is 0 Å². The first-order valence-corrected chi connectivity index (χ1v) is 6.91. The molecule has 21 heavy (non-hydrogen) atoms. The molecule has 1 aliphatic heterocycles. The fourth-order valence-corrected chi connectivity index (χ4v) is 2.66. The molecular formula is C14H15ClF3NO2. The summed E-state index contributed by atoms with van der Waals surface area (Å²) >= 11 is 5.68. The van der Waals surface area contributed by atoms with Gasteiger partial charge in [0.2, 0.25) is 0 Å². The van der Waals surface area contributed by atoms with Crippen LogP contribution in [0.15, 0.2) is 18.2 Å². The number of aliphatic hydroxyl groups is 1. The van der Waals surface area contributed by atoms with E-state index < -0.39 is 23.8 Å². The van der Waals surface area contributed by atoms with Crippen molar-refractivity contribution in [3.05, 3.63) is 34.3 Å². The van der Waals surface area contributed by atoms with Crippen molar-refractivity contribution in [2.45, 2.75) is 25.6 Å². The number of carbonyl (C=O) groups is 1. The lowest BCUT2D eigenvalue weighted by molar-refractivity contribution is -0.137. The molecule has 0 spiro atoms. The number of halogens is 4. The van der Waals surface area contributed by atoms with Crippen LogP contribution in [0.25, 0.3) is 0 Å². The Kier molecular flexibility index (Phi) is 4.49. The summed E-state index contributed by atoms with van der Waals surface area (Å²) in [5.41, 5.74) is -1.02. The fourth-order valence-electron chi connectivity index (χ4n) is 2.42. The van der Waals surface area contributed by atoms with E-state index in [-0.39, 0.29) is 16.5 Å². The smallest absolute Gasteiger partial charge is 0.393 e. The van der Waals surface area contributed by atoms with Gasteiger partial charge in [-0.05, 0) is 31.5 Å². The van der Waals surface area contributed by atoms with Gasteiger partial charge in [-0.15, -0.1) is 0 Å². The van der Waals surface area contributed by atoms with Gasteiger partial charge in [-0.1, -0.05) is 11.6 Å². The summed E-state index contributed by atoms with van der Waals surface area (Å²) in [4.78, 5) is 13.7. The first-order valence-electron chi connectivity index (χ1n) is 6.53. The monoisotopic (exact) mass is 321 g/mol. The molecule has 0 aliphatic carbocycles. The number of aliphatic hydroxyl groups excluding tert-OH is 1. The maximum absolute atomic E-state index is 12.7. The molecule has 1 amide bonds. The second-order valence-electron chi connectivity index (χ2n) is 5.27. The summed E-state index contributed by atoms with van der Waals surface area (Å²) in [5, 5.41) is 9.38. The molecule has 0 radical (unpaired) electrons. The molecule has 2 atom stereocenters. The van der Waals surface area contributed by atoms with Crippen molar-refractivity contribution >= 4 is 17.5 Å². The van der Waals surface area contributed by atoms with E-state index in [0.717, 1.165) is 12.1 Å². The second-order valence-corrected chi connectivity index (χ2v) is 5.70. The summed E-state index contributed by atoms with van der Waals surface area (Å²) < 4.78 is 38.2. The van der Waals surface area contributed by atoms with Gasteiger partial charge in [0.05, 0.1) is 11.7 Å². The van der Waals surface area contributed by atoms with E-state index in [1.165, 1.54) is 11.0 Å². The molecule has 1 heterocycles. The van der Waals surface area contributed by atoms with Crippen LogP contribution in [-0.2, 0) is 6.18 Å². The van der Waals surface area contributed by atoms with Gasteiger partial charge in [0, 0.05) is 29.6 Å². The zero-order chi connectivity index (χ0) is 15.8. The van der Waals surface area contributed by atoms with E-state index in [9.17, 15) is 23.1 Å². The molecule has 3 nitrogen and oxygen atoms in total. The summed E-state index contributed by atoms with van der Waals surface area (Å²) in [6, 6.07) is 2.83. The highest BCUT2D eigenvalue weighted by molar-refractivity contribution is 6.31. The maximum Gasteiger partial charge on any atom is 0.416 e. The number of hydrogen-bond donors (Lipinski definition) is 1. The van der Waals surface area contributed by atoms with Gasteiger partial charge in [0.15, 0.2) is 0 Å². The predicted octanol–water partition coefficient (Wildman–Crippen LogP) is 3.20. The van der Waals surface area contributed by atoms with Crippen molar-refractivity contribution in [3.63, 3.8) is 0 Å². The molecule has 1 aliphatic rings. The minimum atomic E-state index is -4.55. The third-order valence-electron chi connectivity index (χ3n) is 3.67. The van der Waals surface area contributed by atoms with E-state index in [1.54, 1.807) is 6.92 Å². The molecule has 0 unspecified atom stereocenters. The minimum Gasteiger partial charge on any atom is -0.393 e. The number of nitrogens with zero attached hydrogens (tertiary/aromatic N) is 1. The first kappa shape index (κ1) is 16.1. The molecule has 0 aromatic heterocycles. The molecule has 0 bridgehead atoms. The topological polar surface area (TPSA) is 40.5 Å². The van der Waals surface area contributed by atoms with Crippen LogP contribution in [0.4, 0.5) is 13.2 Å². The molecule has 1 N–H and O–H groups in total. The molecule has 1 fully saturated rings. The molecular weight excluding hydrogens is 307 g/mol. The van der Waals surface area contributed by atoms with Gasteiger partial charge >= 0.3 is 6.18 Å². The van der Waals surface area contributed by atoms with Gasteiger partial charge in [0.25, 0.3) is 5.91 Å². The highest BCUT2D eigenvalue weighted by Crippen LogP contribution is 2.32. The third-order valence-corrected chi connectivity index (χ3v) is 3.88. The Morgan fingerprint density at radius 2 is 2.10 bits per heavy atom. The van der Waals surface area contributed by atoms with Crippen LogP contribution in [0.3, 0.4) is 0 Å². The zero-order valence-corrected chi connectivity index (χ0v) is 12.1. The van der Waals surface area contributed by atoms with Crippen LogP contribution >= 0.6 is 11.6 Å². The van der Waals surface area contributed by atoms with Crippen LogP contribution in [0.2, 0.25) is 5.02 Å². The Morgan fingerprint density at radius 1 is 1.43 bits per heavy atom. The third kappa shape index (κ3) is 3.68. The molecule has 1 saturated heterocycles. The van der Waals surface area contributed by atoms with E-state index in [4.69, 9.17) is 11.6 Å². The highest BCUT2D eigenvalue weighted by Gasteiger charge is 2.34. The molecule has 2 rings (SSSR count). The predicted molar refractivity (Wildman–Crippen MR) is 72.1 cm³/mol. The number of rotatable bonds is 2. The van der Waals surface area contributed by atoms with Crippen molar-refractivity contribution in [1.29, 1.82) is 0 Å². The Labute approximate surface area is 125 Å². The van der Waals surface area contributed by atoms with Crippen LogP contribution < -0.4 is 0 Å². The average Bonchev–Trinajstić information content (AvgIpc) is 2.85. The molecule has 116 valence electrons. The molecule has 1 aromatic carbocycles. The van der Waals surface area contributed by atoms with E-state index in [2.05, 4.69) is 0 Å². The number of carbonyl (C=O) groups excluding carboxylic acids is 1. The number of likely N-dealkylation sites (tertiary alicyclic amines) is 1. The van der Waals surface area contributed by atoms with Crippen LogP contribution in [-0.4, -0.2) is 35.1 Å². The summed E-state index contributed by atoms with van der Waals surface area (Å²) in [7, 11) is 0. The fraction of sp³-hybridized carbons (Fsp3) is 0.500. The van der Waals surface area contributed by atoms with Crippen molar-refractivity contribution in [1.82, 2.24) is 4.90 Å². The summed E-state index contributed by atoms with van der Waals surface area (Å²) in [6.07, 6.45) is -4.46. The maximum atomic E-state index is 12.7. The number of hydrogen-bond acceptors (Lipinski definition) is 2. The first-order chi connectivity index (χ1) is 9.68. The van der Waals surface area contributed by atoms with Gasteiger partial charge < -0.3 is 10.0 Å². The van der Waals surface area contributed by atoms with Crippen LogP contribution in [0.1, 0.15) is 29.3 Å². The average molecular weight is 322 g/mol. The van der Waals surface area contributed by atoms with Gasteiger partial charge in [-0.25, -0.2) is 0 Å². The summed E-state index contributed by atoms with van der Waals surface area (Å²) in [6.45, 7) is 2.40. The summed E-state index contributed by atoms with van der Waals surface area (Å²) in [5.74, 6) is -0.540. The second kappa shape index (κ2) is 5.85. The highest BCUT2D eigenvalue weighted by atomic mass is 35.5. The number of amides is 1. The lowest BCUT2D eigenvalue weighted by Crippen LogP contribution is -2.30. The quantitative estimate of drug-likeness (QED) is 0.908. The number of alkyl halides is 3. The van der Waals surface area contributed by atoms with E-state index in [1.807, 2.05) is 0 Å². The lowest BCUT2D eigenvalue weighted by atomic mass is 10.0. The zero-order valence-electron chi connectivity index (χ0n) is 11.3. The molecule has 7 heteroatoms. The van der Waals surface area contributed by atoms with E-state index >= 15 is 0 Å². The SMILES string of the molecule is C[C@H](O)[C@H]1CCN(C(=O)c2cc(Cl)cc(C(F)(F)F)c2)C1. The largest absolute Gasteiger partial charge is 0.416 e. The van der Waals surface area contributed by atoms with Gasteiger partial charge in [-0.2, -0.15) is 13.2 Å². The van der Waals surface area contributed by atoms with Crippen molar-refractivity contribution < 1.29 is 23.1 Å². The Morgan fingerprint density at radius 3 is 2.62 bits per heavy atom. The van der Waals surface area contributed by atoms with Gasteiger partial charge in [-0.3, -0.25) is 4.79 Å². The standard InChI is InChI=1S/C14H15ClF3NO2/c1-8(20)9-2-3-19(7-9)13(21)10-4-11(14(16,17)18)6-12(15)5-10/h4-6,8-9,20H,2-3,7H2,1H3/t8-,9-/m0/s1. The minimum absolute atomic E-state index is 0.0461. The number of benzene rings is 1. The van der Waals surface area contributed by atoms with Crippen molar-refractivity contribution in [2.75, 3.05) is 13.1 Å². The lowest BCUT2D eigenvalue weighted by Gasteiger charge is -2.18. The Hall–Kier alpha value is -1.27. The van der Waals surface area contributed by atoms with Crippen molar-refractivity contribution in [2.24, 2.45) is 5.92 Å².